The van der Waals surface area contributed by atoms with Crippen LogP contribution in [-0.4, -0.2) is 46.3 Å². The number of amides is 1. The number of carbonyl (C=O) groups is 1. The fourth-order valence-electron chi connectivity index (χ4n) is 4.65. The van der Waals surface area contributed by atoms with Crippen molar-refractivity contribution in [3.05, 3.63) is 53.2 Å². The van der Waals surface area contributed by atoms with Gasteiger partial charge in [-0.25, -0.2) is 14.8 Å². The second-order valence-corrected chi connectivity index (χ2v) is 9.09. The Balaban J connectivity index is 1.48. The van der Waals surface area contributed by atoms with Crippen molar-refractivity contribution in [1.29, 1.82) is 0 Å². The van der Waals surface area contributed by atoms with E-state index >= 15 is 0 Å². The van der Waals surface area contributed by atoms with Crippen LogP contribution in [-0.2, 0) is 11.3 Å². The summed E-state index contributed by atoms with van der Waals surface area (Å²) in [5.74, 6) is 2.59. The van der Waals surface area contributed by atoms with Gasteiger partial charge in [0.1, 0.15) is 18.2 Å². The summed E-state index contributed by atoms with van der Waals surface area (Å²) < 4.78 is 10.7. The number of fused-ring (bicyclic) bond motifs is 2. The highest BCUT2D eigenvalue weighted by molar-refractivity contribution is 5.88. The molecule has 4 aromatic rings. The average Bonchev–Trinajstić information content (AvgIpc) is 3.11. The van der Waals surface area contributed by atoms with Crippen molar-refractivity contribution in [3.8, 4) is 16.9 Å². The zero-order valence-electron chi connectivity index (χ0n) is 20.8. The highest BCUT2D eigenvalue weighted by Crippen LogP contribution is 2.34. The van der Waals surface area contributed by atoms with Crippen LogP contribution in [0.2, 0.25) is 0 Å². The SMILES string of the molecule is COC(=O)Nc1nc2cc(-c3ccc4c(c3)CN(c3nc(N)nc(C)c3C(C)C)CCO4)ccc2[nH]1. The van der Waals surface area contributed by atoms with Crippen LogP contribution in [0.1, 0.15) is 36.6 Å². The van der Waals surface area contributed by atoms with Crippen molar-refractivity contribution in [2.24, 2.45) is 0 Å². The molecule has 0 aliphatic carbocycles. The molecular formula is C26H29N7O3. The Kier molecular flexibility index (Phi) is 6.09. The van der Waals surface area contributed by atoms with Gasteiger partial charge < -0.3 is 25.1 Å². The number of nitrogens with zero attached hydrogens (tertiary/aromatic N) is 4. The van der Waals surface area contributed by atoms with Gasteiger partial charge in [0.2, 0.25) is 11.9 Å². The first-order valence-corrected chi connectivity index (χ1v) is 11.8. The van der Waals surface area contributed by atoms with E-state index in [1.165, 1.54) is 7.11 Å². The molecule has 2 aromatic carbocycles. The second-order valence-electron chi connectivity index (χ2n) is 9.09. The van der Waals surface area contributed by atoms with Crippen LogP contribution in [0.3, 0.4) is 0 Å². The molecule has 186 valence electrons. The van der Waals surface area contributed by atoms with E-state index in [0.717, 1.165) is 50.5 Å². The Hall–Kier alpha value is -4.34. The number of carbonyl (C=O) groups excluding carboxylic acids is 1. The van der Waals surface area contributed by atoms with E-state index in [2.05, 4.69) is 54.8 Å². The minimum atomic E-state index is -0.578. The van der Waals surface area contributed by atoms with Gasteiger partial charge >= 0.3 is 6.09 Å². The van der Waals surface area contributed by atoms with Gasteiger partial charge in [0.15, 0.2) is 0 Å². The minimum absolute atomic E-state index is 0.259. The predicted octanol–water partition coefficient (Wildman–Crippen LogP) is 4.61. The van der Waals surface area contributed by atoms with Crippen molar-refractivity contribution < 1.29 is 14.3 Å². The maximum atomic E-state index is 11.5. The molecule has 0 unspecified atom stereocenters. The number of benzene rings is 2. The van der Waals surface area contributed by atoms with E-state index in [1.807, 2.05) is 37.3 Å². The normalized spacial score (nSPS) is 13.3. The topological polar surface area (TPSA) is 131 Å². The fourth-order valence-corrected chi connectivity index (χ4v) is 4.65. The first kappa shape index (κ1) is 23.4. The summed E-state index contributed by atoms with van der Waals surface area (Å²) in [6.45, 7) is 8.13. The molecule has 0 atom stereocenters. The zero-order chi connectivity index (χ0) is 25.4. The van der Waals surface area contributed by atoms with E-state index in [0.29, 0.717) is 25.6 Å². The maximum absolute atomic E-state index is 11.5. The van der Waals surface area contributed by atoms with Crippen LogP contribution >= 0.6 is 0 Å². The first-order chi connectivity index (χ1) is 17.3. The average molecular weight is 488 g/mol. The summed E-state index contributed by atoms with van der Waals surface area (Å²) in [7, 11) is 1.31. The molecule has 10 nitrogen and oxygen atoms in total. The molecule has 2 aromatic heterocycles. The van der Waals surface area contributed by atoms with Crippen LogP contribution in [0, 0.1) is 6.92 Å². The molecule has 0 saturated carbocycles. The molecule has 0 bridgehead atoms. The number of hydrogen-bond acceptors (Lipinski definition) is 8. The molecule has 1 aliphatic rings. The molecule has 0 saturated heterocycles. The number of nitrogens with two attached hydrogens (primary N) is 1. The molecular weight excluding hydrogens is 458 g/mol. The van der Waals surface area contributed by atoms with E-state index in [9.17, 15) is 4.79 Å². The van der Waals surface area contributed by atoms with Crippen molar-refractivity contribution in [2.75, 3.05) is 36.2 Å². The third kappa shape index (κ3) is 4.49. The number of nitrogens with one attached hydrogen (secondary N) is 2. The summed E-state index contributed by atoms with van der Waals surface area (Å²) in [5, 5.41) is 2.56. The van der Waals surface area contributed by atoms with Crippen LogP contribution in [0.4, 0.5) is 22.5 Å². The summed E-state index contributed by atoms with van der Waals surface area (Å²) in [6.07, 6.45) is -0.578. The number of hydrogen-bond donors (Lipinski definition) is 3. The van der Waals surface area contributed by atoms with Crippen LogP contribution < -0.4 is 20.7 Å². The number of nitrogen functional groups attached to an aromatic ring is 1. The number of rotatable bonds is 4. The summed E-state index contributed by atoms with van der Waals surface area (Å²) in [5.41, 5.74) is 12.7. The number of aromatic amines is 1. The fraction of sp³-hybridized carbons (Fsp3) is 0.308. The molecule has 0 fully saturated rings. The zero-order valence-corrected chi connectivity index (χ0v) is 20.8. The van der Waals surface area contributed by atoms with Gasteiger partial charge in [-0.2, -0.15) is 4.98 Å². The molecule has 10 heteroatoms. The van der Waals surface area contributed by atoms with Gasteiger partial charge in [0, 0.05) is 23.4 Å². The van der Waals surface area contributed by atoms with Gasteiger partial charge in [-0.3, -0.25) is 5.32 Å². The number of aromatic nitrogens is 4. The van der Waals surface area contributed by atoms with Crippen molar-refractivity contribution in [2.45, 2.75) is 33.2 Å². The highest BCUT2D eigenvalue weighted by atomic mass is 16.5. The lowest BCUT2D eigenvalue weighted by Crippen LogP contribution is -2.28. The minimum Gasteiger partial charge on any atom is -0.491 e. The Morgan fingerprint density at radius 2 is 1.94 bits per heavy atom. The van der Waals surface area contributed by atoms with E-state index in [-0.39, 0.29) is 11.9 Å². The lowest BCUT2D eigenvalue weighted by molar-refractivity contribution is 0.186. The van der Waals surface area contributed by atoms with Crippen LogP contribution in [0.5, 0.6) is 5.75 Å². The smallest absolute Gasteiger partial charge is 0.413 e. The standard InChI is InChI=1S/C26H29N7O3/c1-14(2)22-15(3)28-24(27)31-23(22)33-9-10-36-21-8-6-16(11-18(21)13-33)17-5-7-19-20(12-17)30-25(29-19)32-26(34)35-4/h5-8,11-12,14H,9-10,13H2,1-4H3,(H2,27,28,31)(H2,29,30,32,34). The molecule has 4 N–H and O–H groups in total. The molecule has 3 heterocycles. The molecule has 36 heavy (non-hydrogen) atoms. The van der Waals surface area contributed by atoms with Crippen LogP contribution in [0.25, 0.3) is 22.2 Å². The largest absolute Gasteiger partial charge is 0.491 e. The van der Waals surface area contributed by atoms with Crippen molar-refractivity contribution in [3.63, 3.8) is 0 Å². The number of aryl methyl sites for hydroxylation is 1. The number of ether oxygens (including phenoxy) is 2. The van der Waals surface area contributed by atoms with E-state index in [1.54, 1.807) is 0 Å². The monoisotopic (exact) mass is 487 g/mol. The first-order valence-electron chi connectivity index (χ1n) is 11.8. The maximum Gasteiger partial charge on any atom is 0.413 e. The summed E-state index contributed by atoms with van der Waals surface area (Å²) in [6, 6.07) is 12.1. The molecule has 1 aliphatic heterocycles. The number of imidazole rings is 1. The molecule has 1 amide bonds. The lowest BCUT2D eigenvalue weighted by atomic mass is 10.00. The number of methoxy groups -OCH3 is 1. The number of H-pyrrole nitrogens is 1. The third-order valence-corrected chi connectivity index (χ3v) is 6.27. The molecule has 0 radical (unpaired) electrons. The Morgan fingerprint density at radius 1 is 1.17 bits per heavy atom. The van der Waals surface area contributed by atoms with Gasteiger partial charge in [-0.15, -0.1) is 0 Å². The Labute approximate surface area is 208 Å². The molecule has 5 rings (SSSR count). The lowest BCUT2D eigenvalue weighted by Gasteiger charge is -2.26. The Morgan fingerprint density at radius 3 is 2.72 bits per heavy atom. The predicted molar refractivity (Wildman–Crippen MR) is 139 cm³/mol. The second kappa shape index (κ2) is 9.37. The quantitative estimate of drug-likeness (QED) is 0.380. The van der Waals surface area contributed by atoms with E-state index in [4.69, 9.17) is 10.5 Å². The summed E-state index contributed by atoms with van der Waals surface area (Å²) >= 11 is 0. The molecule has 0 spiro atoms. The van der Waals surface area contributed by atoms with Gasteiger partial charge in [-0.05, 0) is 48.2 Å². The van der Waals surface area contributed by atoms with Crippen molar-refractivity contribution >= 4 is 34.8 Å². The van der Waals surface area contributed by atoms with Crippen LogP contribution in [0.15, 0.2) is 36.4 Å². The Bertz CT molecular complexity index is 1450. The van der Waals surface area contributed by atoms with Gasteiger partial charge in [0.25, 0.3) is 0 Å². The van der Waals surface area contributed by atoms with Gasteiger partial charge in [-0.1, -0.05) is 26.0 Å². The highest BCUT2D eigenvalue weighted by Gasteiger charge is 2.23. The van der Waals surface area contributed by atoms with Crippen molar-refractivity contribution in [1.82, 2.24) is 19.9 Å². The number of anilines is 3. The third-order valence-electron chi connectivity index (χ3n) is 6.27. The van der Waals surface area contributed by atoms with Gasteiger partial charge in [0.05, 0.1) is 24.7 Å². The van der Waals surface area contributed by atoms with E-state index < -0.39 is 6.09 Å². The summed E-state index contributed by atoms with van der Waals surface area (Å²) in [4.78, 5) is 30.3.